The van der Waals surface area contributed by atoms with Gasteiger partial charge in [0.1, 0.15) is 11.9 Å². The molecule has 2 aromatic heterocycles. The molecular formula is C20H31N7O2. The lowest BCUT2D eigenvalue weighted by Crippen LogP contribution is -2.45. The van der Waals surface area contributed by atoms with Gasteiger partial charge in [0.05, 0.1) is 6.20 Å². The summed E-state index contributed by atoms with van der Waals surface area (Å²) < 4.78 is 7.47. The highest BCUT2D eigenvalue weighted by atomic mass is 16.6. The Labute approximate surface area is 171 Å². The third-order valence-corrected chi connectivity index (χ3v) is 5.77. The molecule has 2 aliphatic heterocycles. The zero-order valence-electron chi connectivity index (χ0n) is 17.5. The summed E-state index contributed by atoms with van der Waals surface area (Å²) >= 11 is 0. The lowest BCUT2D eigenvalue weighted by molar-refractivity contribution is 0.0441. The van der Waals surface area contributed by atoms with Crippen LogP contribution >= 0.6 is 0 Å². The number of ether oxygens (including phenoxy) is 1. The van der Waals surface area contributed by atoms with E-state index in [1.807, 2.05) is 18.0 Å². The largest absolute Gasteiger partial charge is 0.446 e. The van der Waals surface area contributed by atoms with Crippen molar-refractivity contribution in [1.29, 1.82) is 0 Å². The van der Waals surface area contributed by atoms with E-state index in [4.69, 9.17) is 4.74 Å². The number of likely N-dealkylation sites (tertiary alicyclic amines) is 1. The monoisotopic (exact) mass is 401 g/mol. The number of hydrogen-bond acceptors (Lipinski definition) is 7. The minimum Gasteiger partial charge on any atom is -0.446 e. The first-order valence-corrected chi connectivity index (χ1v) is 10.7. The van der Waals surface area contributed by atoms with Crippen molar-refractivity contribution >= 4 is 17.7 Å². The Bertz CT molecular complexity index is 852. The minimum absolute atomic E-state index is 0.0480. The molecule has 0 unspecified atom stereocenters. The molecule has 0 saturated carbocycles. The van der Waals surface area contributed by atoms with Crippen LogP contribution in [0, 0.1) is 6.92 Å². The SMILES string of the molecule is Cc1nc(NC2CCN(C(=O)OC3CCNCC3)CC2)n2ncc(C(C)C)c2n1. The van der Waals surface area contributed by atoms with E-state index >= 15 is 0 Å². The fraction of sp³-hybridized carbons (Fsp3) is 0.700. The van der Waals surface area contributed by atoms with Crippen LogP contribution in [0.15, 0.2) is 6.20 Å². The molecule has 0 atom stereocenters. The van der Waals surface area contributed by atoms with Gasteiger partial charge in [-0.2, -0.15) is 14.6 Å². The topological polar surface area (TPSA) is 96.7 Å². The van der Waals surface area contributed by atoms with Crippen molar-refractivity contribution in [1.82, 2.24) is 29.8 Å². The zero-order valence-corrected chi connectivity index (χ0v) is 17.5. The molecule has 2 fully saturated rings. The number of hydrogen-bond donors (Lipinski definition) is 2. The standard InChI is InChI=1S/C20H31N7O2/c1-13(2)17-12-22-27-18(17)23-14(3)24-19(27)25-15-6-10-26(11-7-15)20(28)29-16-4-8-21-9-5-16/h12-13,15-16,21H,4-11H2,1-3H3,(H,23,24,25). The van der Waals surface area contributed by atoms with Gasteiger partial charge in [0.25, 0.3) is 0 Å². The fourth-order valence-electron chi connectivity index (χ4n) is 4.02. The molecule has 0 spiro atoms. The van der Waals surface area contributed by atoms with Gasteiger partial charge in [0, 0.05) is 24.7 Å². The number of fused-ring (bicyclic) bond motifs is 1. The molecule has 4 heterocycles. The van der Waals surface area contributed by atoms with Crippen LogP contribution in [0.3, 0.4) is 0 Å². The maximum Gasteiger partial charge on any atom is 0.410 e. The second-order valence-electron chi connectivity index (χ2n) is 8.32. The van der Waals surface area contributed by atoms with Crippen LogP contribution in [0.25, 0.3) is 5.65 Å². The first-order chi connectivity index (χ1) is 14.0. The number of nitrogens with zero attached hydrogens (tertiary/aromatic N) is 5. The first-order valence-electron chi connectivity index (χ1n) is 10.7. The summed E-state index contributed by atoms with van der Waals surface area (Å²) in [5.41, 5.74) is 1.98. The van der Waals surface area contributed by atoms with Crippen molar-refractivity contribution in [3.05, 3.63) is 17.6 Å². The van der Waals surface area contributed by atoms with Crippen molar-refractivity contribution in [3.8, 4) is 0 Å². The number of aryl methyl sites for hydroxylation is 1. The Hall–Kier alpha value is -2.42. The number of carbonyl (C=O) groups excluding carboxylic acids is 1. The van der Waals surface area contributed by atoms with Gasteiger partial charge in [-0.15, -0.1) is 0 Å². The van der Waals surface area contributed by atoms with Gasteiger partial charge in [0.2, 0.25) is 5.95 Å². The van der Waals surface area contributed by atoms with Crippen LogP contribution < -0.4 is 10.6 Å². The quantitative estimate of drug-likeness (QED) is 0.811. The van der Waals surface area contributed by atoms with E-state index in [-0.39, 0.29) is 18.2 Å². The molecule has 0 aromatic carbocycles. The zero-order chi connectivity index (χ0) is 20.4. The lowest BCUT2D eigenvalue weighted by Gasteiger charge is -2.33. The summed E-state index contributed by atoms with van der Waals surface area (Å²) in [6, 6.07) is 0.238. The average molecular weight is 402 g/mol. The highest BCUT2D eigenvalue weighted by Gasteiger charge is 2.27. The number of carbonyl (C=O) groups is 1. The molecule has 2 N–H and O–H groups in total. The molecule has 2 saturated heterocycles. The molecule has 29 heavy (non-hydrogen) atoms. The summed E-state index contributed by atoms with van der Waals surface area (Å²) in [7, 11) is 0. The first kappa shape index (κ1) is 19.9. The van der Waals surface area contributed by atoms with Crippen LogP contribution in [-0.4, -0.2) is 68.9 Å². The number of aromatic nitrogens is 4. The van der Waals surface area contributed by atoms with Crippen LogP contribution in [0.4, 0.5) is 10.7 Å². The smallest absolute Gasteiger partial charge is 0.410 e. The summed E-state index contributed by atoms with van der Waals surface area (Å²) in [5.74, 6) is 1.80. The normalized spacial score (nSPS) is 19.1. The molecule has 0 radical (unpaired) electrons. The molecular weight excluding hydrogens is 370 g/mol. The summed E-state index contributed by atoms with van der Waals surface area (Å²) in [6.07, 6.45) is 5.24. The molecule has 0 aliphatic carbocycles. The highest BCUT2D eigenvalue weighted by Crippen LogP contribution is 2.22. The highest BCUT2D eigenvalue weighted by molar-refractivity contribution is 5.68. The maximum atomic E-state index is 12.4. The summed E-state index contributed by atoms with van der Waals surface area (Å²) in [4.78, 5) is 23.4. The van der Waals surface area contributed by atoms with Crippen molar-refractivity contribution in [2.75, 3.05) is 31.5 Å². The predicted molar refractivity (Wildman–Crippen MR) is 110 cm³/mol. The Morgan fingerprint density at radius 3 is 2.62 bits per heavy atom. The van der Waals surface area contributed by atoms with Gasteiger partial charge in [-0.1, -0.05) is 13.8 Å². The van der Waals surface area contributed by atoms with Gasteiger partial charge in [-0.05, 0) is 51.6 Å². The van der Waals surface area contributed by atoms with Crippen LogP contribution in [0.1, 0.15) is 56.8 Å². The Morgan fingerprint density at radius 1 is 1.21 bits per heavy atom. The molecule has 9 nitrogen and oxygen atoms in total. The van der Waals surface area contributed by atoms with E-state index in [0.717, 1.165) is 61.8 Å². The Morgan fingerprint density at radius 2 is 1.93 bits per heavy atom. The van der Waals surface area contributed by atoms with Gasteiger partial charge < -0.3 is 20.3 Å². The number of anilines is 1. The van der Waals surface area contributed by atoms with Gasteiger partial charge in [-0.3, -0.25) is 0 Å². The van der Waals surface area contributed by atoms with Crippen molar-refractivity contribution < 1.29 is 9.53 Å². The van der Waals surface area contributed by atoms with E-state index in [0.29, 0.717) is 19.0 Å². The van der Waals surface area contributed by atoms with Crippen LogP contribution in [0.5, 0.6) is 0 Å². The number of rotatable bonds is 4. The van der Waals surface area contributed by atoms with E-state index < -0.39 is 0 Å². The van der Waals surface area contributed by atoms with E-state index in [1.165, 1.54) is 0 Å². The second-order valence-corrected chi connectivity index (χ2v) is 8.32. The number of piperidine rings is 2. The van der Waals surface area contributed by atoms with Crippen molar-refractivity contribution in [2.45, 2.75) is 64.5 Å². The van der Waals surface area contributed by atoms with E-state index in [2.05, 4.69) is 39.5 Å². The molecule has 9 heteroatoms. The van der Waals surface area contributed by atoms with Gasteiger partial charge >= 0.3 is 6.09 Å². The Kier molecular flexibility index (Phi) is 5.84. The molecule has 4 rings (SSSR count). The Balaban J connectivity index is 1.36. The van der Waals surface area contributed by atoms with Gasteiger partial charge in [-0.25, -0.2) is 9.78 Å². The van der Waals surface area contributed by atoms with Crippen molar-refractivity contribution in [2.24, 2.45) is 0 Å². The molecule has 2 aromatic rings. The maximum absolute atomic E-state index is 12.4. The third kappa shape index (κ3) is 4.44. The number of nitrogens with one attached hydrogen (secondary N) is 2. The van der Waals surface area contributed by atoms with Crippen LogP contribution in [-0.2, 0) is 4.74 Å². The predicted octanol–water partition coefficient (Wildman–Crippen LogP) is 2.32. The minimum atomic E-state index is -0.177. The van der Waals surface area contributed by atoms with Crippen LogP contribution in [0.2, 0.25) is 0 Å². The lowest BCUT2D eigenvalue weighted by atomic mass is 10.1. The second kappa shape index (κ2) is 8.52. The molecule has 158 valence electrons. The van der Waals surface area contributed by atoms with Crippen molar-refractivity contribution in [3.63, 3.8) is 0 Å². The van der Waals surface area contributed by atoms with E-state index in [9.17, 15) is 4.79 Å². The fourth-order valence-corrected chi connectivity index (χ4v) is 4.02. The van der Waals surface area contributed by atoms with E-state index in [1.54, 1.807) is 4.52 Å². The third-order valence-electron chi connectivity index (χ3n) is 5.77. The molecule has 1 amide bonds. The van der Waals surface area contributed by atoms with Gasteiger partial charge in [0.15, 0.2) is 5.65 Å². The molecule has 0 bridgehead atoms. The number of amides is 1. The summed E-state index contributed by atoms with van der Waals surface area (Å²) in [5, 5.41) is 11.3. The molecule has 2 aliphatic rings. The average Bonchev–Trinajstić information content (AvgIpc) is 3.13. The summed E-state index contributed by atoms with van der Waals surface area (Å²) in [6.45, 7) is 9.39.